The second-order valence-corrected chi connectivity index (χ2v) is 2.85. The highest BCUT2D eigenvalue weighted by Crippen LogP contribution is 2.00. The molecule has 13 heavy (non-hydrogen) atoms. The van der Waals surface area contributed by atoms with Gasteiger partial charge in [-0.1, -0.05) is 6.92 Å². The Labute approximate surface area is 77.5 Å². The topological polar surface area (TPSA) is 44.1 Å². The Kier molecular flexibility index (Phi) is 3.64. The van der Waals surface area contributed by atoms with E-state index in [0.717, 1.165) is 13.0 Å². The van der Waals surface area contributed by atoms with E-state index >= 15 is 0 Å². The van der Waals surface area contributed by atoms with Crippen molar-refractivity contribution >= 4 is 5.78 Å². The first kappa shape index (κ1) is 9.92. The molecule has 0 atom stereocenters. The first-order valence-corrected chi connectivity index (χ1v) is 4.32. The monoisotopic (exact) mass is 182 g/mol. The van der Waals surface area contributed by atoms with Crippen molar-refractivity contribution in [1.82, 2.24) is 9.78 Å². The third kappa shape index (κ3) is 2.66. The lowest BCUT2D eigenvalue weighted by Crippen LogP contribution is -2.05. The summed E-state index contributed by atoms with van der Waals surface area (Å²) in [5, 5.41) is 4.05. The maximum absolute atomic E-state index is 11.3. The molecule has 1 aromatic rings. The van der Waals surface area contributed by atoms with Crippen molar-refractivity contribution in [2.24, 2.45) is 0 Å². The highest BCUT2D eigenvalue weighted by molar-refractivity contribution is 5.96. The fourth-order valence-corrected chi connectivity index (χ4v) is 1.07. The number of methoxy groups -OCH3 is 1. The first-order chi connectivity index (χ1) is 6.27. The molecule has 1 aromatic heterocycles. The smallest absolute Gasteiger partial charge is 0.191 e. The van der Waals surface area contributed by atoms with Crippen molar-refractivity contribution in [2.75, 3.05) is 13.7 Å². The maximum atomic E-state index is 11.3. The lowest BCUT2D eigenvalue weighted by molar-refractivity contribution is 0.0848. The molecule has 72 valence electrons. The van der Waals surface area contributed by atoms with E-state index in [2.05, 4.69) is 12.0 Å². The van der Waals surface area contributed by atoms with E-state index in [1.54, 1.807) is 17.1 Å². The molecule has 0 saturated heterocycles. The Morgan fingerprint density at radius 3 is 3.08 bits per heavy atom. The van der Waals surface area contributed by atoms with Crippen molar-refractivity contribution in [3.63, 3.8) is 0 Å². The Bertz CT molecular complexity index is 281. The van der Waals surface area contributed by atoms with E-state index in [1.807, 2.05) is 0 Å². The van der Waals surface area contributed by atoms with Gasteiger partial charge in [0.05, 0.1) is 11.8 Å². The SMILES string of the molecule is CCCn1cc(C(=O)COC)cn1. The zero-order chi connectivity index (χ0) is 9.68. The summed E-state index contributed by atoms with van der Waals surface area (Å²) in [5.41, 5.74) is 0.621. The standard InChI is InChI=1S/C9H14N2O2/c1-3-4-11-6-8(5-10-11)9(12)7-13-2/h5-6H,3-4,7H2,1-2H3. The van der Waals surface area contributed by atoms with Gasteiger partial charge in [-0.05, 0) is 6.42 Å². The van der Waals surface area contributed by atoms with Gasteiger partial charge in [-0.3, -0.25) is 9.48 Å². The number of hydrogen-bond acceptors (Lipinski definition) is 3. The summed E-state index contributed by atoms with van der Waals surface area (Å²) < 4.78 is 6.51. The molecule has 0 unspecified atom stereocenters. The van der Waals surface area contributed by atoms with Crippen LogP contribution in [-0.4, -0.2) is 29.3 Å². The van der Waals surface area contributed by atoms with Crippen LogP contribution in [0, 0.1) is 0 Å². The van der Waals surface area contributed by atoms with E-state index in [-0.39, 0.29) is 12.4 Å². The number of rotatable bonds is 5. The van der Waals surface area contributed by atoms with Gasteiger partial charge in [-0.25, -0.2) is 0 Å². The normalized spacial score (nSPS) is 10.3. The predicted octanol–water partition coefficient (Wildman–Crippen LogP) is 1.12. The molecule has 1 rings (SSSR count). The summed E-state index contributed by atoms with van der Waals surface area (Å²) in [6.45, 7) is 3.04. The van der Waals surface area contributed by atoms with Crippen molar-refractivity contribution in [3.05, 3.63) is 18.0 Å². The highest BCUT2D eigenvalue weighted by atomic mass is 16.5. The lowest BCUT2D eigenvalue weighted by atomic mass is 10.2. The largest absolute Gasteiger partial charge is 0.377 e. The Hall–Kier alpha value is -1.16. The van der Waals surface area contributed by atoms with Crippen LogP contribution in [-0.2, 0) is 11.3 Å². The number of carbonyl (C=O) groups is 1. The van der Waals surface area contributed by atoms with Gasteiger partial charge in [0.1, 0.15) is 6.61 Å². The number of carbonyl (C=O) groups excluding carboxylic acids is 1. The van der Waals surface area contributed by atoms with E-state index in [4.69, 9.17) is 4.74 Å². The Balaban J connectivity index is 2.62. The van der Waals surface area contributed by atoms with Crippen LogP contribution in [0.3, 0.4) is 0 Å². The molecule has 0 radical (unpaired) electrons. The summed E-state index contributed by atoms with van der Waals surface area (Å²) in [5.74, 6) is -0.0233. The fraction of sp³-hybridized carbons (Fsp3) is 0.556. The molecule has 0 spiro atoms. The number of hydrogen-bond donors (Lipinski definition) is 0. The van der Waals surface area contributed by atoms with Crippen LogP contribution in [0.15, 0.2) is 12.4 Å². The maximum Gasteiger partial charge on any atom is 0.191 e. The van der Waals surface area contributed by atoms with Crippen LogP contribution in [0.5, 0.6) is 0 Å². The number of aryl methyl sites for hydroxylation is 1. The molecule has 0 saturated carbocycles. The third-order valence-corrected chi connectivity index (χ3v) is 1.68. The summed E-state index contributed by atoms with van der Waals surface area (Å²) in [4.78, 5) is 11.3. The van der Waals surface area contributed by atoms with Crippen molar-refractivity contribution in [1.29, 1.82) is 0 Å². The van der Waals surface area contributed by atoms with Gasteiger partial charge in [0.25, 0.3) is 0 Å². The van der Waals surface area contributed by atoms with Gasteiger partial charge in [0, 0.05) is 19.9 Å². The third-order valence-electron chi connectivity index (χ3n) is 1.68. The first-order valence-electron chi connectivity index (χ1n) is 4.32. The van der Waals surface area contributed by atoms with Crippen LogP contribution in [0.25, 0.3) is 0 Å². The molecule has 4 heteroatoms. The van der Waals surface area contributed by atoms with Gasteiger partial charge in [-0.2, -0.15) is 5.10 Å². The summed E-state index contributed by atoms with van der Waals surface area (Å²) in [6, 6.07) is 0. The molecule has 4 nitrogen and oxygen atoms in total. The van der Waals surface area contributed by atoms with Gasteiger partial charge < -0.3 is 4.74 Å². The van der Waals surface area contributed by atoms with Crippen molar-refractivity contribution in [2.45, 2.75) is 19.9 Å². The average molecular weight is 182 g/mol. The average Bonchev–Trinajstić information content (AvgIpc) is 2.54. The molecular weight excluding hydrogens is 168 g/mol. The van der Waals surface area contributed by atoms with Crippen LogP contribution >= 0.6 is 0 Å². The van der Waals surface area contributed by atoms with Gasteiger partial charge in [-0.15, -0.1) is 0 Å². The molecule has 0 fully saturated rings. The minimum absolute atomic E-state index is 0.0233. The van der Waals surface area contributed by atoms with Crippen LogP contribution < -0.4 is 0 Å². The molecule has 0 N–H and O–H groups in total. The van der Waals surface area contributed by atoms with E-state index in [1.165, 1.54) is 7.11 Å². The molecule has 0 aromatic carbocycles. The van der Waals surface area contributed by atoms with Crippen LogP contribution in [0.4, 0.5) is 0 Å². The quantitative estimate of drug-likeness (QED) is 0.641. The second kappa shape index (κ2) is 4.77. The highest BCUT2D eigenvalue weighted by Gasteiger charge is 2.07. The fourth-order valence-electron chi connectivity index (χ4n) is 1.07. The Morgan fingerprint density at radius 2 is 2.46 bits per heavy atom. The minimum Gasteiger partial charge on any atom is -0.377 e. The minimum atomic E-state index is -0.0233. The molecular formula is C9H14N2O2. The van der Waals surface area contributed by atoms with E-state index < -0.39 is 0 Å². The van der Waals surface area contributed by atoms with Crippen molar-refractivity contribution < 1.29 is 9.53 Å². The number of aromatic nitrogens is 2. The number of Topliss-reactive ketones (excluding diaryl/α,β-unsaturated/α-hetero) is 1. The molecule has 1 heterocycles. The molecule has 0 aliphatic heterocycles. The van der Waals surface area contributed by atoms with E-state index in [0.29, 0.717) is 5.56 Å². The van der Waals surface area contributed by atoms with Crippen LogP contribution in [0.1, 0.15) is 23.7 Å². The molecule has 0 amide bonds. The zero-order valence-corrected chi connectivity index (χ0v) is 7.99. The predicted molar refractivity (Wildman–Crippen MR) is 48.7 cm³/mol. The summed E-state index contributed by atoms with van der Waals surface area (Å²) in [7, 11) is 1.51. The van der Waals surface area contributed by atoms with Crippen molar-refractivity contribution in [3.8, 4) is 0 Å². The molecule has 0 aliphatic carbocycles. The van der Waals surface area contributed by atoms with Gasteiger partial charge >= 0.3 is 0 Å². The number of ether oxygens (including phenoxy) is 1. The second-order valence-electron chi connectivity index (χ2n) is 2.85. The zero-order valence-electron chi connectivity index (χ0n) is 7.99. The molecule has 0 bridgehead atoms. The Morgan fingerprint density at radius 1 is 1.69 bits per heavy atom. The number of ketones is 1. The van der Waals surface area contributed by atoms with Gasteiger partial charge in [0.15, 0.2) is 5.78 Å². The summed E-state index contributed by atoms with van der Waals surface area (Å²) >= 11 is 0. The van der Waals surface area contributed by atoms with Crippen LogP contribution in [0.2, 0.25) is 0 Å². The molecule has 0 aliphatic rings. The summed E-state index contributed by atoms with van der Waals surface area (Å²) in [6.07, 6.45) is 4.35. The van der Waals surface area contributed by atoms with E-state index in [9.17, 15) is 4.79 Å². The van der Waals surface area contributed by atoms with Gasteiger partial charge in [0.2, 0.25) is 0 Å². The number of nitrogens with zero attached hydrogens (tertiary/aromatic N) is 2. The lowest BCUT2D eigenvalue weighted by Gasteiger charge is -1.95.